The van der Waals surface area contributed by atoms with Gasteiger partial charge in [0.05, 0.1) is 12.1 Å². The maximum Gasteiger partial charge on any atom is 0.255 e. The smallest absolute Gasteiger partial charge is 0.255 e. The maximum atomic E-state index is 12.8. The highest BCUT2D eigenvalue weighted by molar-refractivity contribution is 5.95. The first-order chi connectivity index (χ1) is 11.7. The van der Waals surface area contributed by atoms with Crippen molar-refractivity contribution in [1.82, 2.24) is 14.9 Å². The molecule has 4 heterocycles. The summed E-state index contributed by atoms with van der Waals surface area (Å²) < 4.78 is 5.77. The number of ether oxygens (including phenoxy) is 1. The zero-order valence-corrected chi connectivity index (χ0v) is 13.6. The minimum Gasteiger partial charge on any atom is -0.485 e. The summed E-state index contributed by atoms with van der Waals surface area (Å²) >= 11 is 0. The van der Waals surface area contributed by atoms with Crippen molar-refractivity contribution in [2.45, 2.75) is 25.4 Å². The third-order valence-corrected chi connectivity index (χ3v) is 4.64. The summed E-state index contributed by atoms with van der Waals surface area (Å²) in [7, 11) is 0. The van der Waals surface area contributed by atoms with Gasteiger partial charge in [-0.25, -0.2) is 4.98 Å². The molecular weight excluding hydrogens is 304 g/mol. The first-order valence-corrected chi connectivity index (χ1v) is 8.30. The number of pyridine rings is 2. The van der Waals surface area contributed by atoms with Gasteiger partial charge in [0.1, 0.15) is 6.10 Å². The van der Waals surface area contributed by atoms with Crippen LogP contribution < -0.4 is 10.1 Å². The molecule has 2 aromatic heterocycles. The Hall–Kier alpha value is -2.63. The van der Waals surface area contributed by atoms with Gasteiger partial charge in [0.15, 0.2) is 11.6 Å². The van der Waals surface area contributed by atoms with Gasteiger partial charge in [0, 0.05) is 37.6 Å². The zero-order valence-electron chi connectivity index (χ0n) is 13.6. The largest absolute Gasteiger partial charge is 0.485 e. The van der Waals surface area contributed by atoms with E-state index in [4.69, 9.17) is 4.74 Å². The van der Waals surface area contributed by atoms with Crippen LogP contribution in [0.25, 0.3) is 0 Å². The van der Waals surface area contributed by atoms with E-state index in [1.165, 1.54) is 5.56 Å². The quantitative estimate of drug-likeness (QED) is 0.918. The van der Waals surface area contributed by atoms with E-state index in [9.17, 15) is 4.79 Å². The van der Waals surface area contributed by atoms with Crippen molar-refractivity contribution in [2.24, 2.45) is 0 Å². The Balaban J connectivity index is 1.50. The molecule has 2 aromatic rings. The molecule has 0 aromatic carbocycles. The molecule has 1 fully saturated rings. The number of rotatable bonds is 2. The minimum atomic E-state index is 0.0173. The van der Waals surface area contributed by atoms with Crippen LogP contribution in [-0.4, -0.2) is 46.5 Å². The Morgan fingerprint density at radius 3 is 3.04 bits per heavy atom. The molecule has 0 radical (unpaired) electrons. The van der Waals surface area contributed by atoms with Gasteiger partial charge < -0.3 is 15.0 Å². The van der Waals surface area contributed by atoms with Crippen molar-refractivity contribution in [1.29, 1.82) is 0 Å². The number of aromatic nitrogens is 2. The molecule has 1 amide bonds. The lowest BCUT2D eigenvalue weighted by atomic mass is 10.00. The predicted molar refractivity (Wildman–Crippen MR) is 90.3 cm³/mol. The number of fused-ring (bicyclic) bond motifs is 1. The van der Waals surface area contributed by atoms with Gasteiger partial charge in [-0.05, 0) is 37.1 Å². The van der Waals surface area contributed by atoms with Crippen molar-refractivity contribution in [3.05, 3.63) is 47.9 Å². The Bertz CT molecular complexity index is 750. The molecule has 0 aliphatic carbocycles. The standard InChI is InChI=1S/C18H20N4O2/c1-12-9-20-17-16(24-12)8-15(10-21-17)18(23)22-7-4-14(11-22)13-2-5-19-6-3-13/h2-3,5-6,8,10,12,14H,4,7,9,11H2,1H3,(H,20,21)/t12-,14?/m1/s1. The second-order valence-corrected chi connectivity index (χ2v) is 6.40. The molecule has 0 spiro atoms. The SMILES string of the molecule is C[C@@H]1CNc2ncc(C(=O)N3CCC(c4ccncc4)C3)cc2O1. The molecule has 24 heavy (non-hydrogen) atoms. The van der Waals surface area contributed by atoms with Gasteiger partial charge in [-0.15, -0.1) is 0 Å². The highest BCUT2D eigenvalue weighted by Crippen LogP contribution is 2.30. The maximum absolute atomic E-state index is 12.8. The fraction of sp³-hybridized carbons (Fsp3) is 0.389. The van der Waals surface area contributed by atoms with Gasteiger partial charge >= 0.3 is 0 Å². The van der Waals surface area contributed by atoms with Crippen molar-refractivity contribution in [2.75, 3.05) is 25.0 Å². The molecule has 2 atom stereocenters. The molecule has 2 aliphatic heterocycles. The lowest BCUT2D eigenvalue weighted by molar-refractivity contribution is 0.0789. The fourth-order valence-electron chi connectivity index (χ4n) is 3.32. The van der Waals surface area contributed by atoms with Gasteiger partial charge in [-0.2, -0.15) is 0 Å². The van der Waals surface area contributed by atoms with Crippen molar-refractivity contribution < 1.29 is 9.53 Å². The van der Waals surface area contributed by atoms with Crippen LogP contribution in [0.2, 0.25) is 0 Å². The van der Waals surface area contributed by atoms with E-state index in [0.717, 1.165) is 26.1 Å². The second kappa shape index (κ2) is 6.11. The summed E-state index contributed by atoms with van der Waals surface area (Å²) in [6, 6.07) is 5.85. The molecule has 0 saturated carbocycles. The first-order valence-electron chi connectivity index (χ1n) is 8.30. The van der Waals surface area contributed by atoms with Crippen LogP contribution >= 0.6 is 0 Å². The molecule has 2 aliphatic rings. The van der Waals surface area contributed by atoms with Crippen LogP contribution in [0, 0.1) is 0 Å². The highest BCUT2D eigenvalue weighted by atomic mass is 16.5. The summed E-state index contributed by atoms with van der Waals surface area (Å²) in [5, 5.41) is 3.21. The van der Waals surface area contributed by atoms with E-state index in [0.29, 0.717) is 23.0 Å². The number of carbonyl (C=O) groups is 1. The normalized spacial score (nSPS) is 22.5. The van der Waals surface area contributed by atoms with E-state index in [1.807, 2.05) is 24.0 Å². The molecular formula is C18H20N4O2. The molecule has 6 heteroatoms. The monoisotopic (exact) mass is 324 g/mol. The van der Waals surface area contributed by atoms with Crippen LogP contribution in [-0.2, 0) is 0 Å². The fourth-order valence-corrected chi connectivity index (χ4v) is 3.32. The number of nitrogens with one attached hydrogen (secondary N) is 1. The summed E-state index contributed by atoms with van der Waals surface area (Å²) in [5.41, 5.74) is 1.82. The Morgan fingerprint density at radius 2 is 2.21 bits per heavy atom. The third-order valence-electron chi connectivity index (χ3n) is 4.64. The topological polar surface area (TPSA) is 67.4 Å². The number of nitrogens with zero attached hydrogens (tertiary/aromatic N) is 3. The van der Waals surface area contributed by atoms with Crippen LogP contribution in [0.4, 0.5) is 5.82 Å². The van der Waals surface area contributed by atoms with E-state index < -0.39 is 0 Å². The molecule has 6 nitrogen and oxygen atoms in total. The van der Waals surface area contributed by atoms with Gasteiger partial charge in [0.25, 0.3) is 5.91 Å². The van der Waals surface area contributed by atoms with Crippen molar-refractivity contribution in [3.8, 4) is 5.75 Å². The van der Waals surface area contributed by atoms with E-state index in [-0.39, 0.29) is 12.0 Å². The number of hydrogen-bond donors (Lipinski definition) is 1. The average molecular weight is 324 g/mol. The summed E-state index contributed by atoms with van der Waals surface area (Å²) in [6.07, 6.45) is 6.29. The van der Waals surface area contributed by atoms with Gasteiger partial charge in [0.2, 0.25) is 0 Å². The number of carbonyl (C=O) groups excluding carboxylic acids is 1. The second-order valence-electron chi connectivity index (χ2n) is 6.40. The Labute approximate surface area is 140 Å². The van der Waals surface area contributed by atoms with E-state index >= 15 is 0 Å². The van der Waals surface area contributed by atoms with E-state index in [1.54, 1.807) is 24.7 Å². The predicted octanol–water partition coefficient (Wildman–Crippen LogP) is 2.30. The van der Waals surface area contributed by atoms with Crippen molar-refractivity contribution >= 4 is 11.7 Å². The van der Waals surface area contributed by atoms with Crippen LogP contribution in [0.3, 0.4) is 0 Å². The average Bonchev–Trinajstić information content (AvgIpc) is 3.11. The first kappa shape index (κ1) is 14.9. The molecule has 1 unspecified atom stereocenters. The van der Waals surface area contributed by atoms with Crippen LogP contribution in [0.1, 0.15) is 35.2 Å². The number of hydrogen-bond acceptors (Lipinski definition) is 5. The summed E-state index contributed by atoms with van der Waals surface area (Å²) in [4.78, 5) is 23.1. The van der Waals surface area contributed by atoms with Crippen LogP contribution in [0.5, 0.6) is 5.75 Å². The molecule has 124 valence electrons. The molecule has 1 N–H and O–H groups in total. The summed E-state index contributed by atoms with van der Waals surface area (Å²) in [6.45, 7) is 4.21. The molecule has 4 rings (SSSR count). The third kappa shape index (κ3) is 2.79. The molecule has 1 saturated heterocycles. The highest BCUT2D eigenvalue weighted by Gasteiger charge is 2.29. The van der Waals surface area contributed by atoms with Crippen molar-refractivity contribution in [3.63, 3.8) is 0 Å². The lowest BCUT2D eigenvalue weighted by Gasteiger charge is -2.24. The lowest BCUT2D eigenvalue weighted by Crippen LogP contribution is -2.30. The van der Waals surface area contributed by atoms with E-state index in [2.05, 4.69) is 15.3 Å². The number of anilines is 1. The Morgan fingerprint density at radius 1 is 1.38 bits per heavy atom. The van der Waals surface area contributed by atoms with Crippen LogP contribution in [0.15, 0.2) is 36.8 Å². The number of likely N-dealkylation sites (tertiary alicyclic amines) is 1. The van der Waals surface area contributed by atoms with Gasteiger partial charge in [-0.1, -0.05) is 0 Å². The minimum absolute atomic E-state index is 0.0173. The zero-order chi connectivity index (χ0) is 16.5. The molecule has 0 bridgehead atoms. The Kier molecular flexibility index (Phi) is 3.80. The van der Waals surface area contributed by atoms with Gasteiger partial charge in [-0.3, -0.25) is 9.78 Å². The summed E-state index contributed by atoms with van der Waals surface area (Å²) in [5.74, 6) is 1.76. The number of amides is 1.